The van der Waals surface area contributed by atoms with Crippen molar-refractivity contribution in [2.45, 2.75) is 20.8 Å². The summed E-state index contributed by atoms with van der Waals surface area (Å²) in [4.78, 5) is 28.5. The molecule has 0 aliphatic heterocycles. The first kappa shape index (κ1) is 19.2. The van der Waals surface area contributed by atoms with Crippen LogP contribution in [-0.2, 0) is 4.79 Å². The Labute approximate surface area is 161 Å². The molecule has 2 N–H and O–H groups in total. The van der Waals surface area contributed by atoms with Crippen LogP contribution in [0.3, 0.4) is 0 Å². The minimum absolute atomic E-state index is 0.0682. The van der Waals surface area contributed by atoms with E-state index >= 15 is 0 Å². The summed E-state index contributed by atoms with van der Waals surface area (Å²) in [6, 6.07) is 11.3. The van der Waals surface area contributed by atoms with Crippen LogP contribution >= 0.6 is 0 Å². The van der Waals surface area contributed by atoms with Crippen LogP contribution in [0.2, 0.25) is 0 Å². The van der Waals surface area contributed by atoms with Gasteiger partial charge in [-0.15, -0.1) is 5.10 Å². The maximum absolute atomic E-state index is 13.1. The second-order valence-corrected chi connectivity index (χ2v) is 6.35. The third-order valence-corrected chi connectivity index (χ3v) is 4.33. The highest BCUT2D eigenvalue weighted by atomic mass is 19.1. The molecule has 2 amide bonds. The monoisotopic (exact) mass is 381 g/mol. The minimum atomic E-state index is -0.569. The summed E-state index contributed by atoms with van der Waals surface area (Å²) in [5, 5.41) is 9.41. The third kappa shape index (κ3) is 4.22. The van der Waals surface area contributed by atoms with Gasteiger partial charge in [0.2, 0.25) is 11.7 Å². The first-order chi connectivity index (χ1) is 13.3. The van der Waals surface area contributed by atoms with Crippen LogP contribution in [0.4, 0.5) is 10.1 Å². The van der Waals surface area contributed by atoms with Gasteiger partial charge in [-0.2, -0.15) is 0 Å². The molecule has 3 rings (SSSR count). The number of carbonyl (C=O) groups is 2. The maximum atomic E-state index is 13.1. The van der Waals surface area contributed by atoms with Gasteiger partial charge in [-0.05, 0) is 62.2 Å². The molecule has 8 heteroatoms. The van der Waals surface area contributed by atoms with Crippen LogP contribution in [0.25, 0.3) is 5.69 Å². The molecule has 144 valence electrons. The molecule has 0 bridgehead atoms. The third-order valence-electron chi connectivity index (χ3n) is 4.33. The fraction of sp³-hybridized carbons (Fsp3) is 0.200. The van der Waals surface area contributed by atoms with E-state index in [0.29, 0.717) is 17.2 Å². The molecule has 0 radical (unpaired) electrons. The summed E-state index contributed by atoms with van der Waals surface area (Å²) >= 11 is 0. The molecular formula is C20H20FN5O2. The summed E-state index contributed by atoms with van der Waals surface area (Å²) < 4.78 is 14.5. The van der Waals surface area contributed by atoms with Crippen molar-refractivity contribution in [3.63, 3.8) is 0 Å². The molecule has 28 heavy (non-hydrogen) atoms. The highest BCUT2D eigenvalue weighted by Crippen LogP contribution is 2.17. The van der Waals surface area contributed by atoms with E-state index in [2.05, 4.69) is 20.7 Å². The fourth-order valence-electron chi connectivity index (χ4n) is 2.63. The van der Waals surface area contributed by atoms with Gasteiger partial charge < -0.3 is 10.6 Å². The van der Waals surface area contributed by atoms with E-state index in [4.69, 9.17) is 0 Å². The van der Waals surface area contributed by atoms with Crippen LogP contribution in [0.1, 0.15) is 27.6 Å². The van der Waals surface area contributed by atoms with Gasteiger partial charge in [-0.25, -0.2) is 14.1 Å². The Morgan fingerprint density at radius 1 is 1.07 bits per heavy atom. The number of nitrogens with one attached hydrogen (secondary N) is 2. The second kappa shape index (κ2) is 7.99. The zero-order valence-corrected chi connectivity index (χ0v) is 15.8. The van der Waals surface area contributed by atoms with Crippen LogP contribution in [0.5, 0.6) is 0 Å². The average molecular weight is 381 g/mol. The number of hydrogen-bond donors (Lipinski definition) is 2. The minimum Gasteiger partial charge on any atom is -0.340 e. The molecule has 0 aliphatic carbocycles. The lowest BCUT2D eigenvalue weighted by Crippen LogP contribution is -2.33. The van der Waals surface area contributed by atoms with Crippen molar-refractivity contribution >= 4 is 17.5 Å². The molecule has 0 saturated carbocycles. The number of nitrogens with zero attached hydrogens (tertiary/aromatic N) is 3. The molecular weight excluding hydrogens is 361 g/mol. The molecule has 1 heterocycles. The van der Waals surface area contributed by atoms with Crippen LogP contribution in [0.15, 0.2) is 42.5 Å². The highest BCUT2D eigenvalue weighted by molar-refractivity contribution is 5.98. The van der Waals surface area contributed by atoms with Gasteiger partial charge in [0.1, 0.15) is 11.6 Å². The van der Waals surface area contributed by atoms with Crippen molar-refractivity contribution in [2.24, 2.45) is 0 Å². The molecule has 7 nitrogen and oxygen atoms in total. The first-order valence-corrected chi connectivity index (χ1v) is 8.69. The molecule has 1 aromatic heterocycles. The van der Waals surface area contributed by atoms with Gasteiger partial charge >= 0.3 is 0 Å². The molecule has 0 unspecified atom stereocenters. The van der Waals surface area contributed by atoms with Gasteiger partial charge in [-0.3, -0.25) is 9.59 Å². The number of halogens is 1. The maximum Gasteiger partial charge on any atom is 0.291 e. The number of aryl methyl sites for hydroxylation is 2. The van der Waals surface area contributed by atoms with E-state index in [-0.39, 0.29) is 24.1 Å². The largest absolute Gasteiger partial charge is 0.340 e. The van der Waals surface area contributed by atoms with Crippen molar-refractivity contribution in [3.05, 3.63) is 71.1 Å². The summed E-state index contributed by atoms with van der Waals surface area (Å²) in [5.74, 6) is -0.885. The quantitative estimate of drug-likeness (QED) is 0.711. The smallest absolute Gasteiger partial charge is 0.291 e. The van der Waals surface area contributed by atoms with Crippen molar-refractivity contribution in [2.75, 3.05) is 11.9 Å². The summed E-state index contributed by atoms with van der Waals surface area (Å²) in [6.07, 6.45) is 0. The lowest BCUT2D eigenvalue weighted by atomic mass is 10.1. The lowest BCUT2D eigenvalue weighted by Gasteiger charge is -2.10. The zero-order valence-electron chi connectivity index (χ0n) is 15.8. The van der Waals surface area contributed by atoms with Crippen molar-refractivity contribution in [3.8, 4) is 5.69 Å². The van der Waals surface area contributed by atoms with Crippen molar-refractivity contribution in [1.82, 2.24) is 20.1 Å². The Bertz CT molecular complexity index is 1030. The molecule has 0 spiro atoms. The van der Waals surface area contributed by atoms with Crippen LogP contribution in [-0.4, -0.2) is 33.1 Å². The second-order valence-electron chi connectivity index (χ2n) is 6.35. The lowest BCUT2D eigenvalue weighted by molar-refractivity contribution is -0.115. The number of benzene rings is 2. The number of anilines is 1. The number of aromatic nitrogens is 3. The van der Waals surface area contributed by atoms with Gasteiger partial charge in [0.15, 0.2) is 0 Å². The van der Waals surface area contributed by atoms with Crippen LogP contribution in [0, 0.1) is 26.6 Å². The number of amides is 2. The predicted octanol–water partition coefficient (Wildman–Crippen LogP) is 2.70. The number of hydrogen-bond acceptors (Lipinski definition) is 4. The Hall–Kier alpha value is -3.55. The standard InChI is InChI=1S/C20H20FN5O2/c1-12-5-4-6-17(13(12)2)24-18(27)11-22-20(28)19-23-14(3)26(25-19)16-9-7-15(21)8-10-16/h4-10H,11H2,1-3H3,(H,22,28)(H,24,27). The Balaban J connectivity index is 1.63. The van der Waals surface area contributed by atoms with E-state index < -0.39 is 5.91 Å². The molecule has 0 fully saturated rings. The Kier molecular flexibility index (Phi) is 5.49. The van der Waals surface area contributed by atoms with Crippen molar-refractivity contribution < 1.29 is 14.0 Å². The molecule has 2 aromatic carbocycles. The number of carbonyl (C=O) groups excluding carboxylic acids is 2. The van der Waals surface area contributed by atoms with Gasteiger partial charge in [-0.1, -0.05) is 12.1 Å². The van der Waals surface area contributed by atoms with Gasteiger partial charge in [0, 0.05) is 5.69 Å². The first-order valence-electron chi connectivity index (χ1n) is 8.69. The highest BCUT2D eigenvalue weighted by Gasteiger charge is 2.16. The normalized spacial score (nSPS) is 10.6. The fourth-order valence-corrected chi connectivity index (χ4v) is 2.63. The average Bonchev–Trinajstić information content (AvgIpc) is 3.06. The summed E-state index contributed by atoms with van der Waals surface area (Å²) in [5.41, 5.74) is 3.32. The Morgan fingerprint density at radius 3 is 2.50 bits per heavy atom. The van der Waals surface area contributed by atoms with Gasteiger partial charge in [0.05, 0.1) is 12.2 Å². The van der Waals surface area contributed by atoms with Gasteiger partial charge in [0.25, 0.3) is 5.91 Å². The van der Waals surface area contributed by atoms with Crippen molar-refractivity contribution in [1.29, 1.82) is 0 Å². The topological polar surface area (TPSA) is 88.9 Å². The van der Waals surface area contributed by atoms with E-state index in [0.717, 1.165) is 11.1 Å². The zero-order chi connectivity index (χ0) is 20.3. The predicted molar refractivity (Wildman–Crippen MR) is 103 cm³/mol. The SMILES string of the molecule is Cc1cccc(NC(=O)CNC(=O)c2nc(C)n(-c3ccc(F)cc3)n2)c1C. The Morgan fingerprint density at radius 2 is 1.79 bits per heavy atom. The van der Waals surface area contributed by atoms with E-state index in [1.165, 1.54) is 28.9 Å². The van der Waals surface area contributed by atoms with E-state index in [1.807, 2.05) is 26.0 Å². The van der Waals surface area contributed by atoms with E-state index in [1.54, 1.807) is 13.0 Å². The molecule has 0 saturated heterocycles. The molecule has 0 atom stereocenters. The summed E-state index contributed by atoms with van der Waals surface area (Å²) in [7, 11) is 0. The van der Waals surface area contributed by atoms with E-state index in [9.17, 15) is 14.0 Å². The molecule has 3 aromatic rings. The number of rotatable bonds is 5. The van der Waals surface area contributed by atoms with Crippen LogP contribution < -0.4 is 10.6 Å². The summed E-state index contributed by atoms with van der Waals surface area (Å²) in [6.45, 7) is 5.34. The molecule has 0 aliphatic rings.